The van der Waals surface area contributed by atoms with Crippen molar-refractivity contribution in [2.45, 2.75) is 76.0 Å². The number of ketones is 1. The average molecular weight is 690 g/mol. The van der Waals surface area contributed by atoms with Crippen molar-refractivity contribution < 1.29 is 57.1 Å². The number of fused-ring (bicyclic) bond motifs is 1. The first-order valence-corrected chi connectivity index (χ1v) is 17.6. The lowest BCUT2D eigenvalue weighted by Crippen LogP contribution is -2.43. The molecule has 1 unspecified atom stereocenters. The van der Waals surface area contributed by atoms with E-state index in [1.807, 2.05) is 0 Å². The first kappa shape index (κ1) is 36.5. The van der Waals surface area contributed by atoms with Gasteiger partial charge in [0.15, 0.2) is 21.3 Å². The van der Waals surface area contributed by atoms with Crippen LogP contribution in [0.5, 0.6) is 28.7 Å². The van der Waals surface area contributed by atoms with E-state index in [9.17, 15) is 38.1 Å². The standard InChI is InChI=1S/C34H43NO12S/c1-19-9-8-12-22(36)11-7-5-6-10-20-13-25(37)31(32(40)30(20)34(41)47-19)23(16-29(39)35-24-17-48(42,43)18-26(24)38)21-14-27(44-2)33(46-4)28(15-21)45-3/h6,10,13-15,19,23-24,26,37-38,40H,5,7-9,11-12,16-18H2,1-4H3,(H,35,39)/t19-,23?,24-,26+/m0/s1. The van der Waals surface area contributed by atoms with Gasteiger partial charge in [-0.3, -0.25) is 9.59 Å². The number of phenolic OH excluding ortho intramolecular Hbond substituents is 2. The lowest BCUT2D eigenvalue weighted by molar-refractivity contribution is -0.122. The molecule has 0 aromatic heterocycles. The lowest BCUT2D eigenvalue weighted by atomic mass is 9.84. The number of carbonyl (C=O) groups is 3. The molecule has 4 rings (SSSR count). The molecule has 13 nitrogen and oxygen atoms in total. The number of cyclic esters (lactones) is 1. The monoisotopic (exact) mass is 689 g/mol. The van der Waals surface area contributed by atoms with Crippen molar-refractivity contribution >= 4 is 33.6 Å². The zero-order valence-electron chi connectivity index (χ0n) is 27.5. The van der Waals surface area contributed by atoms with Crippen LogP contribution in [0.1, 0.15) is 84.8 Å². The van der Waals surface area contributed by atoms with Gasteiger partial charge in [0.25, 0.3) is 0 Å². The number of sulfone groups is 1. The van der Waals surface area contributed by atoms with Crippen LogP contribution in [0.3, 0.4) is 0 Å². The van der Waals surface area contributed by atoms with Gasteiger partial charge < -0.3 is 39.6 Å². The SMILES string of the molecule is COc1cc(C(CC(=O)N[C@H]2CS(=O)(=O)C[C@H]2O)c2c(O)cc3c(c2O)C(=O)O[C@@H](C)CCCC(=O)CCCC=C3)cc(OC)c1OC. The summed E-state index contributed by atoms with van der Waals surface area (Å²) in [6, 6.07) is 3.29. The van der Waals surface area contributed by atoms with E-state index in [2.05, 4.69) is 5.32 Å². The third-order valence-corrected chi connectivity index (χ3v) is 10.3. The first-order valence-electron chi connectivity index (χ1n) is 15.7. The van der Waals surface area contributed by atoms with E-state index in [-0.39, 0.29) is 39.7 Å². The Morgan fingerprint density at radius 3 is 2.29 bits per heavy atom. The van der Waals surface area contributed by atoms with Crippen molar-refractivity contribution in [1.29, 1.82) is 0 Å². The zero-order chi connectivity index (χ0) is 35.2. The maximum atomic E-state index is 13.6. The minimum atomic E-state index is -3.57. The van der Waals surface area contributed by atoms with Crippen LogP contribution in [0.4, 0.5) is 0 Å². The number of Topliss-reactive ketones (excluding diaryl/α,β-unsaturated/α-hetero) is 1. The summed E-state index contributed by atoms with van der Waals surface area (Å²) in [5, 5.41) is 36.1. The molecule has 1 saturated heterocycles. The van der Waals surface area contributed by atoms with Crippen LogP contribution in [-0.2, 0) is 24.2 Å². The fraction of sp³-hybridized carbons (Fsp3) is 0.500. The quantitative estimate of drug-likeness (QED) is 0.296. The van der Waals surface area contributed by atoms with E-state index in [0.29, 0.717) is 44.1 Å². The fourth-order valence-corrected chi connectivity index (χ4v) is 7.87. The van der Waals surface area contributed by atoms with Crippen molar-refractivity contribution in [3.05, 3.63) is 46.5 Å². The van der Waals surface area contributed by atoms with Gasteiger partial charge in [-0.15, -0.1) is 0 Å². The highest BCUT2D eigenvalue weighted by molar-refractivity contribution is 7.91. The van der Waals surface area contributed by atoms with Crippen LogP contribution < -0.4 is 19.5 Å². The third kappa shape index (κ3) is 8.58. The summed E-state index contributed by atoms with van der Waals surface area (Å²) in [5.74, 6) is -3.93. The number of aliphatic hydroxyl groups is 1. The predicted octanol–water partition coefficient (Wildman–Crippen LogP) is 3.40. The van der Waals surface area contributed by atoms with Gasteiger partial charge in [-0.05, 0) is 61.9 Å². The number of allylic oxidation sites excluding steroid dienone is 1. The summed E-state index contributed by atoms with van der Waals surface area (Å²) in [7, 11) is 0.627. The highest BCUT2D eigenvalue weighted by atomic mass is 32.2. The number of aliphatic hydroxyl groups excluding tert-OH is 1. The molecule has 2 aliphatic rings. The van der Waals surface area contributed by atoms with Crippen LogP contribution >= 0.6 is 0 Å². The second kappa shape index (κ2) is 15.7. The van der Waals surface area contributed by atoms with Gasteiger partial charge in [-0.25, -0.2) is 13.2 Å². The van der Waals surface area contributed by atoms with Crippen LogP contribution in [0.25, 0.3) is 6.08 Å². The molecule has 14 heteroatoms. The van der Waals surface area contributed by atoms with E-state index >= 15 is 0 Å². The summed E-state index contributed by atoms with van der Waals surface area (Å²) in [6.45, 7) is 1.68. The smallest absolute Gasteiger partial charge is 0.342 e. The van der Waals surface area contributed by atoms with Crippen molar-refractivity contribution in [3.8, 4) is 28.7 Å². The number of aromatic hydroxyl groups is 2. The van der Waals surface area contributed by atoms with Gasteiger partial charge in [-0.2, -0.15) is 0 Å². The molecule has 4 N–H and O–H groups in total. The number of rotatable bonds is 8. The van der Waals surface area contributed by atoms with Crippen LogP contribution in [-0.4, -0.2) is 92.5 Å². The predicted molar refractivity (Wildman–Crippen MR) is 176 cm³/mol. The number of benzene rings is 2. The summed E-state index contributed by atoms with van der Waals surface area (Å²) >= 11 is 0. The number of hydrogen-bond donors (Lipinski definition) is 4. The van der Waals surface area contributed by atoms with Crippen molar-refractivity contribution in [2.75, 3.05) is 32.8 Å². The average Bonchev–Trinajstić information content (AvgIpc) is 3.28. The van der Waals surface area contributed by atoms with E-state index in [1.165, 1.54) is 39.5 Å². The van der Waals surface area contributed by atoms with Gasteiger partial charge in [-0.1, -0.05) is 12.2 Å². The first-order chi connectivity index (χ1) is 22.8. The number of esters is 1. The van der Waals surface area contributed by atoms with Crippen molar-refractivity contribution in [1.82, 2.24) is 5.32 Å². The second-order valence-electron chi connectivity index (χ2n) is 12.1. The Kier molecular flexibility index (Phi) is 12.0. The van der Waals surface area contributed by atoms with Gasteiger partial charge in [0.1, 0.15) is 22.8 Å². The van der Waals surface area contributed by atoms with Gasteiger partial charge in [0.05, 0.1) is 51.1 Å². The molecular formula is C34H43NO12S. The number of hydrogen-bond acceptors (Lipinski definition) is 12. The normalized spacial score (nSPS) is 22.1. The third-order valence-electron chi connectivity index (χ3n) is 8.55. The highest BCUT2D eigenvalue weighted by Crippen LogP contribution is 2.47. The molecule has 262 valence electrons. The molecule has 0 radical (unpaired) electrons. The fourth-order valence-electron chi connectivity index (χ4n) is 6.13. The van der Waals surface area contributed by atoms with E-state index in [1.54, 1.807) is 19.1 Å². The Balaban J connectivity index is 1.86. The Morgan fingerprint density at radius 2 is 1.69 bits per heavy atom. The molecule has 48 heavy (non-hydrogen) atoms. The number of phenols is 2. The van der Waals surface area contributed by atoms with Gasteiger partial charge >= 0.3 is 5.97 Å². The molecule has 2 heterocycles. The van der Waals surface area contributed by atoms with Crippen LogP contribution in [0.2, 0.25) is 0 Å². The Morgan fingerprint density at radius 1 is 1.02 bits per heavy atom. The molecule has 0 bridgehead atoms. The number of carbonyl (C=O) groups excluding carboxylic acids is 3. The molecule has 1 amide bonds. The summed E-state index contributed by atoms with van der Waals surface area (Å²) in [4.78, 5) is 39.3. The lowest BCUT2D eigenvalue weighted by Gasteiger charge is -2.25. The molecule has 2 aromatic rings. The molecule has 2 aliphatic heterocycles. The Bertz CT molecular complexity index is 1640. The second-order valence-corrected chi connectivity index (χ2v) is 14.3. The molecule has 4 atom stereocenters. The number of nitrogens with one attached hydrogen (secondary N) is 1. The van der Waals surface area contributed by atoms with Crippen LogP contribution in [0, 0.1) is 0 Å². The Hall–Kier alpha value is -4.30. The minimum absolute atomic E-state index is 0.130. The summed E-state index contributed by atoms with van der Waals surface area (Å²) in [6.07, 6.45) is 3.76. The van der Waals surface area contributed by atoms with Gasteiger partial charge in [0, 0.05) is 30.7 Å². The van der Waals surface area contributed by atoms with Crippen LogP contribution in [0.15, 0.2) is 24.3 Å². The molecule has 1 fully saturated rings. The van der Waals surface area contributed by atoms with E-state index in [4.69, 9.17) is 18.9 Å². The zero-order valence-corrected chi connectivity index (χ0v) is 28.3. The van der Waals surface area contributed by atoms with Crippen molar-refractivity contribution in [2.24, 2.45) is 0 Å². The van der Waals surface area contributed by atoms with E-state index < -0.39 is 75.3 Å². The van der Waals surface area contributed by atoms with Gasteiger partial charge in [0.2, 0.25) is 11.7 Å². The maximum Gasteiger partial charge on any atom is 0.342 e. The number of ether oxygens (including phenoxy) is 4. The largest absolute Gasteiger partial charge is 0.507 e. The molecule has 0 aliphatic carbocycles. The number of methoxy groups -OCH3 is 3. The Labute approximate surface area is 279 Å². The number of amides is 1. The summed E-state index contributed by atoms with van der Waals surface area (Å²) < 4.78 is 46.3. The molecule has 2 aromatic carbocycles. The van der Waals surface area contributed by atoms with Crippen molar-refractivity contribution in [3.63, 3.8) is 0 Å². The topological polar surface area (TPSA) is 195 Å². The summed E-state index contributed by atoms with van der Waals surface area (Å²) in [5.41, 5.74) is 0.0750. The molecular weight excluding hydrogens is 646 g/mol. The molecule has 0 saturated carbocycles. The maximum absolute atomic E-state index is 13.6. The minimum Gasteiger partial charge on any atom is -0.507 e. The molecule has 0 spiro atoms. The van der Waals surface area contributed by atoms with E-state index in [0.717, 1.165) is 0 Å². The highest BCUT2D eigenvalue weighted by Gasteiger charge is 2.38.